The molecular formula is C30H45N9O3. The standard InChI is InChI=1S/C30H45N9O3/c1-5-42-26-8-6-7-24(34-26)21-39-28-25(19-33-39)27(31-22-32-28)35-13-15-37(16-14-35)29(41)36-11-9-23(10-12-36)20-38(17-18-40)30(2,3)4/h6-8,19,22-23,40H,5,9-18,20-21H2,1-4H3. The molecule has 3 aromatic heterocycles. The summed E-state index contributed by atoms with van der Waals surface area (Å²) in [7, 11) is 0. The van der Waals surface area contributed by atoms with E-state index in [1.54, 1.807) is 6.33 Å². The van der Waals surface area contributed by atoms with Crippen LogP contribution in [0.1, 0.15) is 46.2 Å². The first-order chi connectivity index (χ1) is 20.3. The van der Waals surface area contributed by atoms with Crippen LogP contribution in [0, 0.1) is 5.92 Å². The van der Waals surface area contributed by atoms with Crippen LogP contribution in [-0.4, -0.2) is 122 Å². The zero-order valence-corrected chi connectivity index (χ0v) is 25.4. The minimum Gasteiger partial charge on any atom is -0.478 e. The number of urea groups is 1. The molecule has 2 saturated heterocycles. The molecule has 2 amide bonds. The van der Waals surface area contributed by atoms with Crippen LogP contribution in [0.15, 0.2) is 30.7 Å². The van der Waals surface area contributed by atoms with Gasteiger partial charge in [0, 0.05) is 64.0 Å². The Balaban J connectivity index is 1.16. The number of carbonyl (C=O) groups excluding carboxylic acids is 1. The summed E-state index contributed by atoms with van der Waals surface area (Å²) in [5, 5.41) is 15.0. The predicted octanol–water partition coefficient (Wildman–Crippen LogP) is 2.72. The van der Waals surface area contributed by atoms with Crippen molar-refractivity contribution in [3.05, 3.63) is 36.4 Å². The molecule has 0 saturated carbocycles. The predicted molar refractivity (Wildman–Crippen MR) is 162 cm³/mol. The maximum atomic E-state index is 13.4. The van der Waals surface area contributed by atoms with Crippen LogP contribution in [0.5, 0.6) is 5.88 Å². The Labute approximate surface area is 248 Å². The van der Waals surface area contributed by atoms with Gasteiger partial charge in [0.15, 0.2) is 5.65 Å². The van der Waals surface area contributed by atoms with E-state index in [0.29, 0.717) is 57.7 Å². The van der Waals surface area contributed by atoms with Crippen molar-refractivity contribution >= 4 is 22.9 Å². The lowest BCUT2D eigenvalue weighted by Crippen LogP contribution is -2.55. The van der Waals surface area contributed by atoms with Crippen molar-refractivity contribution < 1.29 is 14.6 Å². The van der Waals surface area contributed by atoms with E-state index in [0.717, 1.165) is 55.0 Å². The maximum absolute atomic E-state index is 13.4. The maximum Gasteiger partial charge on any atom is 0.320 e. The van der Waals surface area contributed by atoms with Crippen molar-refractivity contribution in [2.24, 2.45) is 5.92 Å². The summed E-state index contributed by atoms with van der Waals surface area (Å²) in [5.41, 5.74) is 1.63. The van der Waals surface area contributed by atoms with E-state index in [1.807, 2.05) is 45.8 Å². The SMILES string of the molecule is CCOc1cccc(Cn2ncc3c(N4CCN(C(=O)N5CCC(CN(CCO)C(C)(C)C)CC5)CC4)ncnc32)n1. The number of nitrogens with zero attached hydrogens (tertiary/aromatic N) is 9. The van der Waals surface area contributed by atoms with E-state index in [-0.39, 0.29) is 18.2 Å². The van der Waals surface area contributed by atoms with Crippen molar-refractivity contribution in [1.82, 2.24) is 39.4 Å². The Bertz CT molecular complexity index is 1330. The van der Waals surface area contributed by atoms with Crippen molar-refractivity contribution in [1.29, 1.82) is 0 Å². The zero-order chi connectivity index (χ0) is 29.7. The minimum absolute atomic E-state index is 0.0239. The number of ether oxygens (including phenoxy) is 1. The summed E-state index contributed by atoms with van der Waals surface area (Å²) < 4.78 is 7.38. The summed E-state index contributed by atoms with van der Waals surface area (Å²) in [6.07, 6.45) is 5.40. The van der Waals surface area contributed by atoms with E-state index in [1.165, 1.54) is 0 Å². The van der Waals surface area contributed by atoms with E-state index >= 15 is 0 Å². The van der Waals surface area contributed by atoms with Crippen LogP contribution in [0.4, 0.5) is 10.6 Å². The Hall–Kier alpha value is -3.51. The zero-order valence-electron chi connectivity index (χ0n) is 25.4. The topological polar surface area (TPSA) is 116 Å². The highest BCUT2D eigenvalue weighted by Gasteiger charge is 2.31. The number of aromatic nitrogens is 5. The van der Waals surface area contributed by atoms with Crippen LogP contribution in [-0.2, 0) is 6.54 Å². The quantitative estimate of drug-likeness (QED) is 0.409. The number of amides is 2. The molecule has 0 aliphatic carbocycles. The van der Waals surface area contributed by atoms with Gasteiger partial charge in [-0.25, -0.2) is 24.4 Å². The first kappa shape index (κ1) is 30.0. The number of aliphatic hydroxyl groups excluding tert-OH is 1. The number of anilines is 1. The molecule has 2 fully saturated rings. The molecule has 1 N–H and O–H groups in total. The third-order valence-corrected chi connectivity index (χ3v) is 8.33. The van der Waals surface area contributed by atoms with Crippen LogP contribution in [0.25, 0.3) is 11.0 Å². The van der Waals surface area contributed by atoms with Gasteiger partial charge >= 0.3 is 6.03 Å². The van der Waals surface area contributed by atoms with Crippen LogP contribution >= 0.6 is 0 Å². The smallest absolute Gasteiger partial charge is 0.320 e. The molecule has 0 bridgehead atoms. The van der Waals surface area contributed by atoms with E-state index in [4.69, 9.17) is 4.74 Å². The van der Waals surface area contributed by atoms with Gasteiger partial charge in [-0.15, -0.1) is 0 Å². The number of likely N-dealkylation sites (tertiary alicyclic amines) is 1. The fourth-order valence-corrected chi connectivity index (χ4v) is 5.92. The molecule has 0 spiro atoms. The third-order valence-electron chi connectivity index (χ3n) is 8.33. The highest BCUT2D eigenvalue weighted by Crippen LogP contribution is 2.26. The van der Waals surface area contributed by atoms with Crippen LogP contribution in [0.2, 0.25) is 0 Å². The molecule has 42 heavy (non-hydrogen) atoms. The van der Waals surface area contributed by atoms with Gasteiger partial charge in [0.2, 0.25) is 5.88 Å². The number of pyridine rings is 1. The number of piperazine rings is 1. The molecule has 2 aliphatic heterocycles. The normalized spacial score (nSPS) is 17.0. The summed E-state index contributed by atoms with van der Waals surface area (Å²) in [5.74, 6) is 1.99. The van der Waals surface area contributed by atoms with Gasteiger partial charge in [0.25, 0.3) is 0 Å². The second kappa shape index (κ2) is 13.2. The molecule has 0 radical (unpaired) electrons. The molecule has 0 unspecified atom stereocenters. The molecule has 2 aliphatic rings. The Morgan fingerprint density at radius 1 is 1.07 bits per heavy atom. The number of fused-ring (bicyclic) bond motifs is 1. The average Bonchev–Trinajstić information content (AvgIpc) is 3.40. The van der Waals surface area contributed by atoms with E-state index in [2.05, 4.69) is 50.6 Å². The number of hydrogen-bond donors (Lipinski definition) is 1. The Morgan fingerprint density at radius 3 is 2.50 bits per heavy atom. The second-order valence-electron chi connectivity index (χ2n) is 12.2. The van der Waals surface area contributed by atoms with E-state index < -0.39 is 0 Å². The van der Waals surface area contributed by atoms with Gasteiger partial charge in [0.05, 0.1) is 37.0 Å². The molecule has 5 heterocycles. The first-order valence-corrected chi connectivity index (χ1v) is 15.2. The first-order valence-electron chi connectivity index (χ1n) is 15.2. The molecule has 228 valence electrons. The number of piperidine rings is 1. The minimum atomic E-state index is 0.0239. The number of rotatable bonds is 9. The van der Waals surface area contributed by atoms with Gasteiger partial charge in [-0.05, 0) is 52.5 Å². The Kier molecular flexibility index (Phi) is 9.42. The molecule has 12 nitrogen and oxygen atoms in total. The Morgan fingerprint density at radius 2 is 1.81 bits per heavy atom. The third kappa shape index (κ3) is 6.92. The van der Waals surface area contributed by atoms with Crippen molar-refractivity contribution in [2.45, 2.75) is 52.6 Å². The summed E-state index contributed by atoms with van der Waals surface area (Å²) in [6.45, 7) is 15.7. The van der Waals surface area contributed by atoms with Crippen LogP contribution < -0.4 is 9.64 Å². The summed E-state index contributed by atoms with van der Waals surface area (Å²) in [6, 6.07) is 5.87. The van der Waals surface area contributed by atoms with Gasteiger partial charge in [0.1, 0.15) is 12.1 Å². The second-order valence-corrected chi connectivity index (χ2v) is 12.2. The van der Waals surface area contributed by atoms with Crippen LogP contribution in [0.3, 0.4) is 0 Å². The molecular weight excluding hydrogens is 534 g/mol. The number of carbonyl (C=O) groups is 1. The lowest BCUT2D eigenvalue weighted by Gasteiger charge is -2.42. The van der Waals surface area contributed by atoms with Crippen molar-refractivity contribution in [3.63, 3.8) is 0 Å². The van der Waals surface area contributed by atoms with Crippen molar-refractivity contribution in [3.8, 4) is 5.88 Å². The molecule has 0 atom stereocenters. The van der Waals surface area contributed by atoms with Gasteiger partial charge in [-0.3, -0.25) is 4.90 Å². The highest BCUT2D eigenvalue weighted by molar-refractivity contribution is 5.87. The lowest BCUT2D eigenvalue weighted by molar-refractivity contribution is 0.0680. The van der Waals surface area contributed by atoms with Gasteiger partial charge < -0.3 is 24.5 Å². The molecule has 12 heteroatoms. The average molecular weight is 580 g/mol. The summed E-state index contributed by atoms with van der Waals surface area (Å²) in [4.78, 5) is 35.6. The highest BCUT2D eigenvalue weighted by atomic mass is 16.5. The largest absolute Gasteiger partial charge is 0.478 e. The lowest BCUT2D eigenvalue weighted by atomic mass is 9.94. The number of aliphatic hydroxyl groups is 1. The molecule has 5 rings (SSSR count). The van der Waals surface area contributed by atoms with E-state index in [9.17, 15) is 9.90 Å². The van der Waals surface area contributed by atoms with Gasteiger partial charge in [-0.1, -0.05) is 6.07 Å². The summed E-state index contributed by atoms with van der Waals surface area (Å²) >= 11 is 0. The number of β-amino-alcohol motifs (C(OH)–C–C–N with tert-alkyl or cyclic N) is 1. The fourth-order valence-electron chi connectivity index (χ4n) is 5.92. The monoisotopic (exact) mass is 579 g/mol. The fraction of sp³-hybridized carbons (Fsp3) is 0.633. The number of hydrogen-bond acceptors (Lipinski definition) is 9. The molecule has 0 aromatic carbocycles. The van der Waals surface area contributed by atoms with Crippen molar-refractivity contribution in [2.75, 3.05) is 70.5 Å². The van der Waals surface area contributed by atoms with Gasteiger partial charge in [-0.2, -0.15) is 5.10 Å². The molecule has 3 aromatic rings.